The Kier molecular flexibility index (Phi) is 5.95. The van der Waals surface area contributed by atoms with E-state index in [1.165, 1.54) is 6.92 Å². The molecule has 1 saturated heterocycles. The average Bonchev–Trinajstić information content (AvgIpc) is 2.54. The number of halogens is 1. The Hall–Kier alpha value is -1.80. The smallest absolute Gasteiger partial charge is 0.243 e. The Morgan fingerprint density at radius 3 is 2.24 bits per heavy atom. The first kappa shape index (κ1) is 19.5. The number of nitrogens with zero attached hydrogens (tertiary/aromatic N) is 3. The van der Waals surface area contributed by atoms with Crippen LogP contribution in [-0.4, -0.2) is 69.0 Å². The molecule has 0 aliphatic carbocycles. The molecule has 25 heavy (non-hydrogen) atoms. The Morgan fingerprint density at radius 2 is 1.72 bits per heavy atom. The number of hydrogen-bond acceptors (Lipinski definition) is 4. The minimum absolute atomic E-state index is 0.0283. The Balaban J connectivity index is 2.17. The summed E-state index contributed by atoms with van der Waals surface area (Å²) < 4.78 is 25.5. The van der Waals surface area contributed by atoms with Crippen LogP contribution in [0.4, 0.5) is 5.69 Å². The van der Waals surface area contributed by atoms with Gasteiger partial charge in [-0.2, -0.15) is 0 Å². The molecular weight excluding hydrogens is 366 g/mol. The fourth-order valence-electron chi connectivity index (χ4n) is 2.73. The first-order valence-corrected chi connectivity index (χ1v) is 10.1. The zero-order chi connectivity index (χ0) is 18.8. The summed E-state index contributed by atoms with van der Waals surface area (Å²) in [5, 5.41) is 0.400. The van der Waals surface area contributed by atoms with Gasteiger partial charge in [-0.1, -0.05) is 17.7 Å². The summed E-state index contributed by atoms with van der Waals surface area (Å²) in [6, 6.07) is 4.93. The highest BCUT2D eigenvalue weighted by molar-refractivity contribution is 7.92. The van der Waals surface area contributed by atoms with Crippen molar-refractivity contribution in [3.05, 3.63) is 28.8 Å². The van der Waals surface area contributed by atoms with E-state index in [1.54, 1.807) is 34.9 Å². The quantitative estimate of drug-likeness (QED) is 0.775. The van der Waals surface area contributed by atoms with Gasteiger partial charge in [0.15, 0.2) is 0 Å². The maximum absolute atomic E-state index is 12.6. The van der Waals surface area contributed by atoms with Gasteiger partial charge >= 0.3 is 0 Å². The van der Waals surface area contributed by atoms with Crippen LogP contribution in [0.3, 0.4) is 0 Å². The van der Waals surface area contributed by atoms with Gasteiger partial charge in [-0.25, -0.2) is 8.42 Å². The second-order valence-electron chi connectivity index (χ2n) is 6.09. The van der Waals surface area contributed by atoms with Crippen molar-refractivity contribution in [3.8, 4) is 0 Å². The zero-order valence-corrected chi connectivity index (χ0v) is 16.1. The minimum atomic E-state index is -3.65. The van der Waals surface area contributed by atoms with E-state index in [0.717, 1.165) is 10.6 Å². The number of rotatable bonds is 4. The Bertz CT molecular complexity index is 774. The third-order valence-electron chi connectivity index (χ3n) is 4.20. The van der Waals surface area contributed by atoms with Crippen LogP contribution in [0.5, 0.6) is 0 Å². The monoisotopic (exact) mass is 387 g/mol. The molecule has 1 fully saturated rings. The predicted molar refractivity (Wildman–Crippen MR) is 97.2 cm³/mol. The molecule has 7 nitrogen and oxygen atoms in total. The van der Waals surface area contributed by atoms with E-state index in [0.29, 0.717) is 42.5 Å². The van der Waals surface area contributed by atoms with Crippen molar-refractivity contribution in [3.63, 3.8) is 0 Å². The van der Waals surface area contributed by atoms with E-state index in [1.807, 2.05) is 0 Å². The molecule has 1 aliphatic heterocycles. The van der Waals surface area contributed by atoms with Gasteiger partial charge in [0, 0.05) is 38.1 Å². The largest absolute Gasteiger partial charge is 0.339 e. The van der Waals surface area contributed by atoms with Gasteiger partial charge in [-0.3, -0.25) is 13.9 Å². The SMILES string of the molecule is CC(=O)N1CCN(C(=O)CN(c2cc(Cl)ccc2C)S(C)(=O)=O)CC1. The number of benzene rings is 1. The fraction of sp³-hybridized carbons (Fsp3) is 0.500. The Morgan fingerprint density at radius 1 is 1.16 bits per heavy atom. The van der Waals surface area contributed by atoms with Crippen molar-refractivity contribution in [2.24, 2.45) is 0 Å². The molecule has 0 spiro atoms. The summed E-state index contributed by atoms with van der Waals surface area (Å²) >= 11 is 5.99. The van der Waals surface area contributed by atoms with Crippen molar-refractivity contribution < 1.29 is 18.0 Å². The molecule has 2 rings (SSSR count). The van der Waals surface area contributed by atoms with Gasteiger partial charge < -0.3 is 9.80 Å². The number of carbonyl (C=O) groups is 2. The molecule has 1 aromatic carbocycles. The van der Waals surface area contributed by atoms with E-state index in [2.05, 4.69) is 0 Å². The van der Waals surface area contributed by atoms with Gasteiger partial charge in [0.2, 0.25) is 21.8 Å². The van der Waals surface area contributed by atoms with Gasteiger partial charge in [-0.15, -0.1) is 0 Å². The standard InChI is InChI=1S/C16H22ClN3O4S/c1-12-4-5-14(17)10-15(12)20(25(3,23)24)11-16(22)19-8-6-18(7-9-19)13(2)21/h4-5,10H,6-9,11H2,1-3H3. The summed E-state index contributed by atoms with van der Waals surface area (Å²) in [6.45, 7) is 4.66. The van der Waals surface area contributed by atoms with Crippen LogP contribution >= 0.6 is 11.6 Å². The molecule has 2 amide bonds. The number of carbonyl (C=O) groups excluding carboxylic acids is 2. The van der Waals surface area contributed by atoms with E-state index in [4.69, 9.17) is 11.6 Å². The van der Waals surface area contributed by atoms with Crippen molar-refractivity contribution >= 4 is 39.1 Å². The molecule has 138 valence electrons. The summed E-state index contributed by atoms with van der Waals surface area (Å²) in [5.74, 6) is -0.326. The first-order chi connectivity index (χ1) is 11.6. The molecule has 0 saturated carbocycles. The number of anilines is 1. The Labute approximate surface area is 153 Å². The molecular formula is C16H22ClN3O4S. The average molecular weight is 388 g/mol. The molecule has 0 N–H and O–H groups in total. The lowest BCUT2D eigenvalue weighted by atomic mass is 10.2. The normalized spacial score (nSPS) is 15.2. The van der Waals surface area contributed by atoms with Gasteiger partial charge in [0.1, 0.15) is 6.54 Å². The molecule has 1 heterocycles. The summed E-state index contributed by atoms with van der Waals surface area (Å²) in [6.07, 6.45) is 1.06. The summed E-state index contributed by atoms with van der Waals surface area (Å²) in [4.78, 5) is 27.2. The maximum Gasteiger partial charge on any atom is 0.243 e. The van der Waals surface area contributed by atoms with Crippen LogP contribution in [0.1, 0.15) is 12.5 Å². The van der Waals surface area contributed by atoms with Crippen LogP contribution in [-0.2, 0) is 19.6 Å². The lowest BCUT2D eigenvalue weighted by Gasteiger charge is -2.35. The van der Waals surface area contributed by atoms with Crippen molar-refractivity contribution in [1.82, 2.24) is 9.80 Å². The lowest BCUT2D eigenvalue weighted by Crippen LogP contribution is -2.52. The van der Waals surface area contributed by atoms with E-state index >= 15 is 0 Å². The third-order valence-corrected chi connectivity index (χ3v) is 5.56. The van der Waals surface area contributed by atoms with E-state index in [9.17, 15) is 18.0 Å². The molecule has 1 aliphatic rings. The van der Waals surface area contributed by atoms with Crippen LogP contribution < -0.4 is 4.31 Å². The molecule has 9 heteroatoms. The first-order valence-electron chi connectivity index (χ1n) is 7.86. The van der Waals surface area contributed by atoms with Crippen molar-refractivity contribution in [1.29, 1.82) is 0 Å². The molecule has 0 atom stereocenters. The zero-order valence-electron chi connectivity index (χ0n) is 14.5. The highest BCUT2D eigenvalue weighted by Gasteiger charge is 2.27. The topological polar surface area (TPSA) is 78.0 Å². The second kappa shape index (κ2) is 7.61. The van der Waals surface area contributed by atoms with E-state index < -0.39 is 10.0 Å². The summed E-state index contributed by atoms with van der Waals surface area (Å²) in [5.41, 5.74) is 1.11. The molecule has 0 aromatic heterocycles. The second-order valence-corrected chi connectivity index (χ2v) is 8.43. The molecule has 0 radical (unpaired) electrons. The van der Waals surface area contributed by atoms with E-state index in [-0.39, 0.29) is 18.4 Å². The van der Waals surface area contributed by atoms with Crippen LogP contribution in [0.25, 0.3) is 0 Å². The fourth-order valence-corrected chi connectivity index (χ4v) is 3.79. The minimum Gasteiger partial charge on any atom is -0.339 e. The lowest BCUT2D eigenvalue weighted by molar-refractivity contribution is -0.137. The number of amides is 2. The highest BCUT2D eigenvalue weighted by Crippen LogP contribution is 2.26. The van der Waals surface area contributed by atoms with Crippen molar-refractivity contribution in [2.75, 3.05) is 43.3 Å². The van der Waals surface area contributed by atoms with Crippen molar-refractivity contribution in [2.45, 2.75) is 13.8 Å². The number of piperazine rings is 1. The number of hydrogen-bond donors (Lipinski definition) is 0. The van der Waals surface area contributed by atoms with Gasteiger partial charge in [-0.05, 0) is 24.6 Å². The molecule has 0 unspecified atom stereocenters. The summed E-state index contributed by atoms with van der Waals surface area (Å²) in [7, 11) is -3.65. The number of sulfonamides is 1. The molecule has 1 aromatic rings. The number of aryl methyl sites for hydroxylation is 1. The molecule has 0 bridgehead atoms. The van der Waals surface area contributed by atoms with Gasteiger partial charge in [0.05, 0.1) is 11.9 Å². The predicted octanol–water partition coefficient (Wildman–Crippen LogP) is 1.11. The van der Waals surface area contributed by atoms with Crippen LogP contribution in [0, 0.1) is 6.92 Å². The third kappa shape index (κ3) is 4.85. The highest BCUT2D eigenvalue weighted by atomic mass is 35.5. The van der Waals surface area contributed by atoms with Gasteiger partial charge in [0.25, 0.3) is 0 Å². The van der Waals surface area contributed by atoms with Crippen LogP contribution in [0.2, 0.25) is 5.02 Å². The maximum atomic E-state index is 12.6. The van der Waals surface area contributed by atoms with Crippen LogP contribution in [0.15, 0.2) is 18.2 Å².